The summed E-state index contributed by atoms with van der Waals surface area (Å²) < 4.78 is 5.39. The van der Waals surface area contributed by atoms with Crippen molar-refractivity contribution < 1.29 is 9.53 Å². The number of amides is 2. The van der Waals surface area contributed by atoms with Crippen molar-refractivity contribution in [2.24, 2.45) is 0 Å². The molecule has 162 valence electrons. The first-order valence-electron chi connectivity index (χ1n) is 10.7. The van der Waals surface area contributed by atoms with E-state index in [-0.39, 0.29) is 6.03 Å². The van der Waals surface area contributed by atoms with Gasteiger partial charge in [-0.05, 0) is 37.1 Å². The van der Waals surface area contributed by atoms with Crippen molar-refractivity contribution >= 4 is 12.0 Å². The lowest BCUT2D eigenvalue weighted by molar-refractivity contribution is 0.134. The molecule has 2 heterocycles. The highest BCUT2D eigenvalue weighted by molar-refractivity contribution is 5.73. The zero-order valence-corrected chi connectivity index (χ0v) is 17.7. The Morgan fingerprint density at radius 3 is 2.43 bits per heavy atom. The highest BCUT2D eigenvalue weighted by Crippen LogP contribution is 2.09. The molecule has 0 bridgehead atoms. The number of ether oxygens (including phenoxy) is 1. The van der Waals surface area contributed by atoms with Crippen LogP contribution in [0.3, 0.4) is 0 Å². The van der Waals surface area contributed by atoms with Crippen LogP contribution in [0, 0.1) is 0 Å². The van der Waals surface area contributed by atoms with E-state index < -0.39 is 0 Å². The molecule has 2 aromatic rings. The lowest BCUT2D eigenvalue weighted by Crippen LogP contribution is -2.47. The van der Waals surface area contributed by atoms with Gasteiger partial charge in [0.15, 0.2) is 0 Å². The van der Waals surface area contributed by atoms with E-state index in [1.165, 1.54) is 0 Å². The number of nitrogens with one attached hydrogen (secondary N) is 2. The van der Waals surface area contributed by atoms with Gasteiger partial charge in [-0.3, -0.25) is 4.90 Å². The van der Waals surface area contributed by atoms with Gasteiger partial charge in [0.25, 0.3) is 0 Å². The van der Waals surface area contributed by atoms with E-state index in [0.717, 1.165) is 56.2 Å². The maximum atomic E-state index is 12.0. The molecule has 8 heteroatoms. The smallest absolute Gasteiger partial charge is 0.315 e. The molecule has 0 radical (unpaired) electrons. The number of anilines is 1. The molecule has 0 atom stereocenters. The second-order valence-electron chi connectivity index (χ2n) is 7.29. The number of carbonyl (C=O) groups excluding carboxylic acids is 1. The molecule has 1 saturated heterocycles. The Balaban J connectivity index is 1.25. The van der Waals surface area contributed by atoms with E-state index in [0.29, 0.717) is 26.3 Å². The van der Waals surface area contributed by atoms with Gasteiger partial charge in [0, 0.05) is 58.3 Å². The molecule has 0 spiro atoms. The Hall–Kier alpha value is -2.71. The topological polar surface area (TPSA) is 82.6 Å². The standard InChI is InChI=1S/C22H32N6O2/c1-2-30-18-20-7-5-19(6-8-20)17-26-22(29)25-11-4-12-27-13-15-28(16-14-27)21-23-9-3-10-24-21/h3,5-10H,2,4,11-18H2,1H3,(H2,25,26,29). The van der Waals surface area contributed by atoms with Crippen molar-refractivity contribution in [3.63, 3.8) is 0 Å². The molecule has 3 rings (SSSR count). The first-order chi connectivity index (χ1) is 14.7. The first kappa shape index (κ1) is 22.0. The van der Waals surface area contributed by atoms with Gasteiger partial charge in [0.1, 0.15) is 0 Å². The van der Waals surface area contributed by atoms with Crippen LogP contribution in [0.4, 0.5) is 10.7 Å². The zero-order chi connectivity index (χ0) is 21.0. The number of rotatable bonds is 10. The van der Waals surface area contributed by atoms with E-state index in [1.807, 2.05) is 37.3 Å². The van der Waals surface area contributed by atoms with Crippen molar-refractivity contribution in [1.82, 2.24) is 25.5 Å². The number of benzene rings is 1. The van der Waals surface area contributed by atoms with Crippen LogP contribution in [0.15, 0.2) is 42.7 Å². The summed E-state index contributed by atoms with van der Waals surface area (Å²) in [6.45, 7) is 9.33. The molecular weight excluding hydrogens is 380 g/mol. The average molecular weight is 413 g/mol. The fourth-order valence-electron chi connectivity index (χ4n) is 3.35. The number of hydrogen-bond acceptors (Lipinski definition) is 6. The minimum Gasteiger partial charge on any atom is -0.377 e. The van der Waals surface area contributed by atoms with Crippen molar-refractivity contribution in [3.05, 3.63) is 53.9 Å². The van der Waals surface area contributed by atoms with E-state index in [4.69, 9.17) is 4.74 Å². The zero-order valence-electron chi connectivity index (χ0n) is 17.7. The molecule has 1 aromatic heterocycles. The predicted octanol–water partition coefficient (Wildman–Crippen LogP) is 2.02. The summed E-state index contributed by atoms with van der Waals surface area (Å²) in [5.41, 5.74) is 2.22. The van der Waals surface area contributed by atoms with Crippen molar-refractivity contribution in [3.8, 4) is 0 Å². The summed E-state index contributed by atoms with van der Waals surface area (Å²) in [5.74, 6) is 0.805. The maximum absolute atomic E-state index is 12.0. The Morgan fingerprint density at radius 2 is 1.73 bits per heavy atom. The third-order valence-corrected chi connectivity index (χ3v) is 5.09. The minimum absolute atomic E-state index is 0.126. The minimum atomic E-state index is -0.126. The predicted molar refractivity (Wildman–Crippen MR) is 117 cm³/mol. The summed E-state index contributed by atoms with van der Waals surface area (Å²) >= 11 is 0. The van der Waals surface area contributed by atoms with Crippen molar-refractivity contribution in [2.45, 2.75) is 26.5 Å². The van der Waals surface area contributed by atoms with Crippen LogP contribution in [-0.4, -0.2) is 66.8 Å². The van der Waals surface area contributed by atoms with Gasteiger partial charge in [0.05, 0.1) is 6.61 Å². The molecule has 1 fully saturated rings. The molecule has 1 aliphatic heterocycles. The van der Waals surface area contributed by atoms with Gasteiger partial charge in [0.2, 0.25) is 5.95 Å². The Labute approximate surface area is 178 Å². The Kier molecular flexibility index (Phi) is 8.86. The Morgan fingerprint density at radius 1 is 1.03 bits per heavy atom. The molecule has 2 amide bonds. The number of carbonyl (C=O) groups is 1. The second kappa shape index (κ2) is 12.1. The molecule has 2 N–H and O–H groups in total. The maximum Gasteiger partial charge on any atom is 0.315 e. The van der Waals surface area contributed by atoms with Gasteiger partial charge >= 0.3 is 6.03 Å². The van der Waals surface area contributed by atoms with Crippen LogP contribution in [0.5, 0.6) is 0 Å². The first-order valence-corrected chi connectivity index (χ1v) is 10.7. The third-order valence-electron chi connectivity index (χ3n) is 5.09. The van der Waals surface area contributed by atoms with Crippen molar-refractivity contribution in [1.29, 1.82) is 0 Å². The van der Waals surface area contributed by atoms with Gasteiger partial charge < -0.3 is 20.3 Å². The van der Waals surface area contributed by atoms with E-state index in [1.54, 1.807) is 12.4 Å². The van der Waals surface area contributed by atoms with E-state index in [9.17, 15) is 4.79 Å². The van der Waals surface area contributed by atoms with Crippen molar-refractivity contribution in [2.75, 3.05) is 50.8 Å². The summed E-state index contributed by atoms with van der Waals surface area (Å²) in [7, 11) is 0. The van der Waals surface area contributed by atoms with Gasteiger partial charge in [-0.1, -0.05) is 24.3 Å². The fraction of sp³-hybridized carbons (Fsp3) is 0.500. The number of urea groups is 1. The molecule has 0 aliphatic carbocycles. The number of piperazine rings is 1. The summed E-state index contributed by atoms with van der Waals surface area (Å²) in [6, 6.07) is 9.83. The SMILES string of the molecule is CCOCc1ccc(CNC(=O)NCCCN2CCN(c3ncccn3)CC2)cc1. The van der Waals surface area contributed by atoms with Crippen LogP contribution in [0.2, 0.25) is 0 Å². The monoisotopic (exact) mass is 412 g/mol. The molecular formula is C22H32N6O2. The third kappa shape index (κ3) is 7.27. The van der Waals surface area contributed by atoms with Crippen LogP contribution >= 0.6 is 0 Å². The largest absolute Gasteiger partial charge is 0.377 e. The molecule has 30 heavy (non-hydrogen) atoms. The van der Waals surface area contributed by atoms with Gasteiger partial charge in [-0.15, -0.1) is 0 Å². The molecule has 0 saturated carbocycles. The van der Waals surface area contributed by atoms with Gasteiger partial charge in [-0.2, -0.15) is 0 Å². The van der Waals surface area contributed by atoms with E-state index >= 15 is 0 Å². The fourth-order valence-corrected chi connectivity index (χ4v) is 3.35. The summed E-state index contributed by atoms with van der Waals surface area (Å²) in [4.78, 5) is 25.3. The highest BCUT2D eigenvalue weighted by Gasteiger charge is 2.18. The molecule has 8 nitrogen and oxygen atoms in total. The summed E-state index contributed by atoms with van der Waals surface area (Å²) in [6.07, 6.45) is 4.49. The second-order valence-corrected chi connectivity index (χ2v) is 7.29. The van der Waals surface area contributed by atoms with Crippen LogP contribution in [0.1, 0.15) is 24.5 Å². The summed E-state index contributed by atoms with van der Waals surface area (Å²) in [5, 5.41) is 5.85. The number of hydrogen-bond donors (Lipinski definition) is 2. The number of nitrogens with zero attached hydrogens (tertiary/aromatic N) is 4. The molecule has 0 unspecified atom stereocenters. The quantitative estimate of drug-likeness (QED) is 0.581. The van der Waals surface area contributed by atoms with Gasteiger partial charge in [-0.25, -0.2) is 14.8 Å². The van der Waals surface area contributed by atoms with Crippen LogP contribution < -0.4 is 15.5 Å². The number of aromatic nitrogens is 2. The lowest BCUT2D eigenvalue weighted by atomic mass is 10.1. The van der Waals surface area contributed by atoms with Crippen LogP contribution in [0.25, 0.3) is 0 Å². The molecule has 1 aromatic carbocycles. The van der Waals surface area contributed by atoms with E-state index in [2.05, 4.69) is 30.4 Å². The van der Waals surface area contributed by atoms with Crippen LogP contribution in [-0.2, 0) is 17.9 Å². The highest BCUT2D eigenvalue weighted by atomic mass is 16.5. The lowest BCUT2D eigenvalue weighted by Gasteiger charge is -2.34. The molecule has 1 aliphatic rings. The average Bonchev–Trinajstić information content (AvgIpc) is 2.81. The Bertz CT molecular complexity index is 748. The normalized spacial score (nSPS) is 14.5.